The second-order valence-electron chi connectivity index (χ2n) is 9.95. The number of allylic oxidation sites excluding steroid dienone is 7. The summed E-state index contributed by atoms with van der Waals surface area (Å²) in [7, 11) is 0. The Hall–Kier alpha value is -3.06. The first-order valence-electron chi connectivity index (χ1n) is 12.3. The largest absolute Gasteiger partial charge is 0.355 e. The van der Waals surface area contributed by atoms with Gasteiger partial charge < -0.3 is 4.98 Å². The van der Waals surface area contributed by atoms with Gasteiger partial charge in [0.2, 0.25) is 0 Å². The van der Waals surface area contributed by atoms with Crippen LogP contribution < -0.4 is 0 Å². The highest BCUT2D eigenvalue weighted by molar-refractivity contribution is 5.98. The fraction of sp³-hybridized carbons (Fsp3) is 0.290. The zero-order chi connectivity index (χ0) is 21.3. The summed E-state index contributed by atoms with van der Waals surface area (Å²) >= 11 is 0. The molecular formula is C31H29N. The average molecular weight is 416 g/mol. The predicted octanol–water partition coefficient (Wildman–Crippen LogP) is 8.34. The molecule has 0 aliphatic heterocycles. The molecule has 7 rings (SSSR count). The standard InChI is InChI=1S/C31H29N/c1-20-16-17-28-30(20)25-18-24-23-14-8-9-15-26(23)31(21-10-4-2-5-11-21,22-12-6-3-7-13-22)27(24)19-29(25)32-28/h4,8-12,14-20,32H,2-3,5-7,13H2,1H3. The summed E-state index contributed by atoms with van der Waals surface area (Å²) < 4.78 is 0. The van der Waals surface area contributed by atoms with E-state index in [0.29, 0.717) is 5.92 Å². The molecule has 0 radical (unpaired) electrons. The highest BCUT2D eigenvalue weighted by Gasteiger charge is 2.48. The van der Waals surface area contributed by atoms with Gasteiger partial charge in [-0.3, -0.25) is 0 Å². The molecule has 0 saturated heterocycles. The summed E-state index contributed by atoms with van der Waals surface area (Å²) in [5.41, 5.74) is 12.8. The van der Waals surface area contributed by atoms with Crippen LogP contribution in [0.3, 0.4) is 0 Å². The lowest BCUT2D eigenvalue weighted by Gasteiger charge is -2.39. The number of nitrogens with one attached hydrogen (secondary N) is 1. The second kappa shape index (κ2) is 6.72. The van der Waals surface area contributed by atoms with E-state index in [1.165, 1.54) is 75.7 Å². The molecule has 1 nitrogen and oxygen atoms in total. The number of hydrogen-bond donors (Lipinski definition) is 1. The fourth-order valence-corrected chi connectivity index (χ4v) is 6.88. The fourth-order valence-electron chi connectivity index (χ4n) is 6.88. The molecular weight excluding hydrogens is 386 g/mol. The Morgan fingerprint density at radius 2 is 1.84 bits per heavy atom. The van der Waals surface area contributed by atoms with Crippen molar-refractivity contribution in [3.8, 4) is 11.1 Å². The molecule has 1 N–H and O–H groups in total. The van der Waals surface area contributed by atoms with E-state index in [0.717, 1.165) is 12.8 Å². The first-order valence-corrected chi connectivity index (χ1v) is 12.3. The normalized spacial score (nSPS) is 25.5. The van der Waals surface area contributed by atoms with Crippen molar-refractivity contribution >= 4 is 17.0 Å². The minimum atomic E-state index is -0.144. The Labute approximate surface area is 190 Å². The third kappa shape index (κ3) is 2.29. The summed E-state index contributed by atoms with van der Waals surface area (Å²) in [6.07, 6.45) is 21.8. The van der Waals surface area contributed by atoms with Crippen LogP contribution in [0.4, 0.5) is 0 Å². The van der Waals surface area contributed by atoms with E-state index in [-0.39, 0.29) is 5.41 Å². The molecule has 4 aliphatic carbocycles. The molecule has 32 heavy (non-hydrogen) atoms. The van der Waals surface area contributed by atoms with E-state index in [9.17, 15) is 0 Å². The number of fused-ring (bicyclic) bond motifs is 6. The quantitative estimate of drug-likeness (QED) is 0.405. The molecule has 158 valence electrons. The van der Waals surface area contributed by atoms with Crippen molar-refractivity contribution in [2.24, 2.45) is 0 Å². The van der Waals surface area contributed by atoms with E-state index >= 15 is 0 Å². The van der Waals surface area contributed by atoms with Gasteiger partial charge in [-0.2, -0.15) is 0 Å². The van der Waals surface area contributed by atoms with Gasteiger partial charge in [-0.05, 0) is 90.1 Å². The van der Waals surface area contributed by atoms with Gasteiger partial charge in [0.25, 0.3) is 0 Å². The predicted molar refractivity (Wildman–Crippen MR) is 135 cm³/mol. The minimum Gasteiger partial charge on any atom is -0.355 e. The maximum absolute atomic E-state index is 3.76. The zero-order valence-corrected chi connectivity index (χ0v) is 18.7. The summed E-state index contributed by atoms with van der Waals surface area (Å²) in [6.45, 7) is 2.31. The third-order valence-electron chi connectivity index (χ3n) is 8.24. The number of rotatable bonds is 2. The van der Waals surface area contributed by atoms with Crippen molar-refractivity contribution in [1.82, 2.24) is 4.98 Å². The summed E-state index contributed by atoms with van der Waals surface area (Å²) in [5, 5.41) is 1.40. The number of H-pyrrole nitrogens is 1. The van der Waals surface area contributed by atoms with Gasteiger partial charge in [0, 0.05) is 22.5 Å². The molecule has 4 aliphatic rings. The van der Waals surface area contributed by atoms with Gasteiger partial charge >= 0.3 is 0 Å². The molecule has 0 spiro atoms. The molecule has 0 bridgehead atoms. The summed E-state index contributed by atoms with van der Waals surface area (Å²) in [4.78, 5) is 3.76. The molecule has 1 heterocycles. The van der Waals surface area contributed by atoms with Crippen molar-refractivity contribution in [2.45, 2.75) is 56.8 Å². The average Bonchev–Trinajstić information content (AvgIpc) is 3.48. The van der Waals surface area contributed by atoms with Gasteiger partial charge in [0.1, 0.15) is 0 Å². The lowest BCUT2D eigenvalue weighted by Crippen LogP contribution is -2.31. The first-order chi connectivity index (χ1) is 15.8. The molecule has 0 amide bonds. The monoisotopic (exact) mass is 415 g/mol. The van der Waals surface area contributed by atoms with Crippen molar-refractivity contribution in [3.05, 3.63) is 100 Å². The Bertz CT molecular complexity index is 1390. The number of hydrogen-bond acceptors (Lipinski definition) is 0. The van der Waals surface area contributed by atoms with E-state index < -0.39 is 0 Å². The Morgan fingerprint density at radius 1 is 0.906 bits per heavy atom. The van der Waals surface area contributed by atoms with Gasteiger partial charge in [-0.25, -0.2) is 0 Å². The highest BCUT2D eigenvalue weighted by Crippen LogP contribution is 2.59. The van der Waals surface area contributed by atoms with Crippen LogP contribution in [0.15, 0.2) is 77.9 Å². The summed E-state index contributed by atoms with van der Waals surface area (Å²) in [5.74, 6) is 0.475. The van der Waals surface area contributed by atoms with Crippen LogP contribution in [0.2, 0.25) is 0 Å². The zero-order valence-electron chi connectivity index (χ0n) is 18.7. The van der Waals surface area contributed by atoms with Crippen molar-refractivity contribution in [1.29, 1.82) is 0 Å². The maximum Gasteiger partial charge on any atom is 0.0671 e. The molecule has 0 fully saturated rings. The van der Waals surface area contributed by atoms with Crippen LogP contribution in [-0.2, 0) is 5.41 Å². The van der Waals surface area contributed by atoms with E-state index in [2.05, 4.69) is 84.8 Å². The van der Waals surface area contributed by atoms with Crippen molar-refractivity contribution in [3.63, 3.8) is 0 Å². The molecule has 2 unspecified atom stereocenters. The van der Waals surface area contributed by atoms with E-state index in [4.69, 9.17) is 0 Å². The molecule has 1 heteroatoms. The Kier molecular flexibility index (Phi) is 3.89. The summed E-state index contributed by atoms with van der Waals surface area (Å²) in [6, 6.07) is 14.2. The molecule has 0 saturated carbocycles. The van der Waals surface area contributed by atoms with E-state index in [1.54, 1.807) is 5.57 Å². The van der Waals surface area contributed by atoms with Crippen LogP contribution in [0.5, 0.6) is 0 Å². The molecule has 2 atom stereocenters. The Balaban J connectivity index is 1.60. The van der Waals surface area contributed by atoms with Crippen LogP contribution in [-0.4, -0.2) is 4.98 Å². The van der Waals surface area contributed by atoms with Crippen molar-refractivity contribution < 1.29 is 0 Å². The number of benzene rings is 2. The maximum atomic E-state index is 3.76. The first kappa shape index (κ1) is 18.5. The van der Waals surface area contributed by atoms with Gasteiger partial charge in [-0.15, -0.1) is 0 Å². The second-order valence-corrected chi connectivity index (χ2v) is 9.95. The number of aromatic nitrogens is 1. The van der Waals surface area contributed by atoms with Crippen LogP contribution in [0.1, 0.15) is 73.8 Å². The molecule has 2 aromatic carbocycles. The highest BCUT2D eigenvalue weighted by atomic mass is 14.7. The topological polar surface area (TPSA) is 15.8 Å². The lowest BCUT2D eigenvalue weighted by molar-refractivity contribution is 0.609. The number of aromatic amines is 1. The molecule has 3 aromatic rings. The minimum absolute atomic E-state index is 0.144. The van der Waals surface area contributed by atoms with Crippen molar-refractivity contribution in [2.75, 3.05) is 0 Å². The Morgan fingerprint density at radius 3 is 2.69 bits per heavy atom. The van der Waals surface area contributed by atoms with Crippen LogP contribution >= 0.6 is 0 Å². The lowest BCUT2D eigenvalue weighted by atomic mass is 9.63. The van der Waals surface area contributed by atoms with Gasteiger partial charge in [0.15, 0.2) is 0 Å². The smallest absolute Gasteiger partial charge is 0.0671 e. The van der Waals surface area contributed by atoms with Crippen LogP contribution in [0, 0.1) is 0 Å². The SMILES string of the molecule is CC1C=Cc2[nH]c3cc4c(cc3c21)-c1ccccc1C4(C1=CCCC=C1)C1=CCCCC1. The third-order valence-corrected chi connectivity index (χ3v) is 8.24. The molecule has 1 aromatic heterocycles. The van der Waals surface area contributed by atoms with Crippen LogP contribution in [0.25, 0.3) is 28.1 Å². The van der Waals surface area contributed by atoms with Gasteiger partial charge in [-0.1, -0.05) is 67.1 Å². The van der Waals surface area contributed by atoms with Gasteiger partial charge in [0.05, 0.1) is 5.41 Å². The van der Waals surface area contributed by atoms with E-state index in [1.807, 2.05) is 0 Å².